The van der Waals surface area contributed by atoms with E-state index in [1.54, 1.807) is 17.5 Å². The van der Waals surface area contributed by atoms with Gasteiger partial charge in [-0.05, 0) is 23.9 Å². The number of esters is 1. The van der Waals surface area contributed by atoms with E-state index in [0.29, 0.717) is 15.4 Å². The van der Waals surface area contributed by atoms with Crippen LogP contribution in [-0.4, -0.2) is 18.0 Å². The van der Waals surface area contributed by atoms with Crippen LogP contribution in [0.5, 0.6) is 0 Å². The molecule has 1 amide bonds. The number of hydrogen-bond acceptors (Lipinski definition) is 6. The molecule has 0 fully saturated rings. The summed E-state index contributed by atoms with van der Waals surface area (Å²) in [6.45, 7) is 1.50. The third-order valence-electron chi connectivity index (χ3n) is 3.52. The highest BCUT2D eigenvalue weighted by Crippen LogP contribution is 2.36. The van der Waals surface area contributed by atoms with Crippen molar-refractivity contribution in [3.05, 3.63) is 63.7 Å². The Bertz CT molecular complexity index is 957. The van der Waals surface area contributed by atoms with Crippen molar-refractivity contribution >= 4 is 39.6 Å². The summed E-state index contributed by atoms with van der Waals surface area (Å²) >= 11 is 2.56. The number of nitriles is 1. The first-order valence-electron chi connectivity index (χ1n) is 7.72. The van der Waals surface area contributed by atoms with Crippen LogP contribution in [0, 0.1) is 11.3 Å². The average molecular weight is 382 g/mol. The Morgan fingerprint density at radius 1 is 1.15 bits per heavy atom. The van der Waals surface area contributed by atoms with Crippen LogP contribution >= 0.6 is 22.7 Å². The number of nitrogens with zero attached hydrogens (tertiary/aromatic N) is 1. The number of nitrogens with one attached hydrogen (secondary N) is 1. The van der Waals surface area contributed by atoms with Gasteiger partial charge in [-0.15, -0.1) is 22.7 Å². The first-order valence-corrected chi connectivity index (χ1v) is 9.48. The van der Waals surface area contributed by atoms with E-state index in [1.165, 1.54) is 29.6 Å². The van der Waals surface area contributed by atoms with Gasteiger partial charge in [-0.3, -0.25) is 4.79 Å². The van der Waals surface area contributed by atoms with E-state index in [0.717, 1.165) is 5.56 Å². The molecule has 1 N–H and O–H groups in total. The molecule has 130 valence electrons. The molecular formula is C19H14N2O3S2. The monoisotopic (exact) mass is 382 g/mol. The van der Waals surface area contributed by atoms with E-state index in [2.05, 4.69) is 5.32 Å². The van der Waals surface area contributed by atoms with E-state index >= 15 is 0 Å². The van der Waals surface area contributed by atoms with Crippen LogP contribution < -0.4 is 5.32 Å². The van der Waals surface area contributed by atoms with Gasteiger partial charge in [0, 0.05) is 10.9 Å². The second kappa shape index (κ2) is 7.95. The molecule has 0 spiro atoms. The van der Waals surface area contributed by atoms with E-state index in [1.807, 2.05) is 41.8 Å². The van der Waals surface area contributed by atoms with Crippen LogP contribution in [0.25, 0.3) is 11.1 Å². The number of amides is 1. The van der Waals surface area contributed by atoms with Crippen molar-refractivity contribution in [1.29, 1.82) is 5.26 Å². The summed E-state index contributed by atoms with van der Waals surface area (Å²) in [6.07, 6.45) is -0.883. The van der Waals surface area contributed by atoms with Crippen molar-refractivity contribution in [1.82, 2.24) is 0 Å². The Morgan fingerprint density at radius 2 is 1.92 bits per heavy atom. The number of rotatable bonds is 5. The standard InChI is InChI=1S/C19H14N2O3S2/c1-12(10-20)24-19(23)16-14(13-6-3-2-4-7-13)11-26-18(16)21-17(22)15-8-5-9-25-15/h2-9,11-12H,1H3,(H,21,22)/t12-/m1/s1. The van der Waals surface area contributed by atoms with Gasteiger partial charge in [0.15, 0.2) is 6.10 Å². The molecule has 0 unspecified atom stereocenters. The van der Waals surface area contributed by atoms with E-state index in [4.69, 9.17) is 10.00 Å². The molecule has 3 rings (SSSR count). The van der Waals surface area contributed by atoms with E-state index in [-0.39, 0.29) is 11.5 Å². The summed E-state index contributed by atoms with van der Waals surface area (Å²) in [5, 5.41) is 15.7. The van der Waals surface area contributed by atoms with Crippen molar-refractivity contribution in [3.63, 3.8) is 0 Å². The minimum Gasteiger partial charge on any atom is -0.444 e. The van der Waals surface area contributed by atoms with Crippen molar-refractivity contribution in [2.24, 2.45) is 0 Å². The maximum atomic E-state index is 12.6. The zero-order valence-electron chi connectivity index (χ0n) is 13.8. The number of carbonyl (C=O) groups excluding carboxylic acids is 2. The van der Waals surface area contributed by atoms with E-state index < -0.39 is 12.1 Å². The number of hydrogen-bond donors (Lipinski definition) is 1. The van der Waals surface area contributed by atoms with Gasteiger partial charge in [0.2, 0.25) is 0 Å². The lowest BCUT2D eigenvalue weighted by Gasteiger charge is -2.10. The van der Waals surface area contributed by atoms with Crippen LogP contribution in [0.3, 0.4) is 0 Å². The predicted molar refractivity (Wildman–Crippen MR) is 103 cm³/mol. The highest BCUT2D eigenvalue weighted by molar-refractivity contribution is 7.15. The molecule has 0 saturated heterocycles. The molecule has 5 nitrogen and oxygen atoms in total. The van der Waals surface area contributed by atoms with Crippen LogP contribution in [0.2, 0.25) is 0 Å². The quantitative estimate of drug-likeness (QED) is 0.643. The zero-order chi connectivity index (χ0) is 18.5. The summed E-state index contributed by atoms with van der Waals surface area (Å²) in [5.74, 6) is -0.926. The third kappa shape index (κ3) is 3.82. The van der Waals surface area contributed by atoms with Crippen molar-refractivity contribution in [3.8, 4) is 17.2 Å². The molecule has 2 aromatic heterocycles. The fourth-order valence-corrected chi connectivity index (χ4v) is 3.87. The van der Waals surface area contributed by atoms with Crippen molar-refractivity contribution in [2.75, 3.05) is 5.32 Å². The summed E-state index contributed by atoms with van der Waals surface area (Å²) in [7, 11) is 0. The first kappa shape index (κ1) is 17.9. The fourth-order valence-electron chi connectivity index (χ4n) is 2.30. The maximum Gasteiger partial charge on any atom is 0.343 e. The Morgan fingerprint density at radius 3 is 2.58 bits per heavy atom. The van der Waals surface area contributed by atoms with Crippen LogP contribution in [0.4, 0.5) is 5.00 Å². The normalized spacial score (nSPS) is 11.4. The smallest absolute Gasteiger partial charge is 0.343 e. The zero-order valence-corrected chi connectivity index (χ0v) is 15.4. The fraction of sp³-hybridized carbons (Fsp3) is 0.105. The largest absolute Gasteiger partial charge is 0.444 e. The molecule has 0 saturated carbocycles. The second-order valence-corrected chi connectivity index (χ2v) is 7.15. The predicted octanol–water partition coefficient (Wildman–Crippen LogP) is 4.80. The number of thiophene rings is 2. The van der Waals surface area contributed by atoms with Gasteiger partial charge in [-0.1, -0.05) is 36.4 Å². The molecule has 0 aliphatic heterocycles. The highest BCUT2D eigenvalue weighted by atomic mass is 32.1. The molecule has 0 aliphatic carbocycles. The average Bonchev–Trinajstić information content (AvgIpc) is 3.32. The first-order chi connectivity index (χ1) is 12.6. The van der Waals surface area contributed by atoms with Crippen LogP contribution in [0.15, 0.2) is 53.2 Å². The number of carbonyl (C=O) groups is 2. The molecule has 0 radical (unpaired) electrons. The molecule has 1 atom stereocenters. The Labute approximate surface area is 158 Å². The molecule has 0 aliphatic rings. The minimum absolute atomic E-state index is 0.258. The number of ether oxygens (including phenoxy) is 1. The molecule has 1 aromatic carbocycles. The van der Waals surface area contributed by atoms with Crippen LogP contribution in [0.1, 0.15) is 27.0 Å². The summed E-state index contributed by atoms with van der Waals surface area (Å²) in [4.78, 5) is 25.6. The Balaban J connectivity index is 1.99. The third-order valence-corrected chi connectivity index (χ3v) is 5.28. The topological polar surface area (TPSA) is 79.2 Å². The molecule has 0 bridgehead atoms. The summed E-state index contributed by atoms with van der Waals surface area (Å²) < 4.78 is 5.18. The van der Waals surface area contributed by atoms with Gasteiger partial charge < -0.3 is 10.1 Å². The van der Waals surface area contributed by atoms with Gasteiger partial charge in [-0.25, -0.2) is 4.79 Å². The Kier molecular flexibility index (Phi) is 5.46. The SMILES string of the molecule is C[C@H](C#N)OC(=O)c1c(-c2ccccc2)csc1NC(=O)c1cccs1. The summed E-state index contributed by atoms with van der Waals surface area (Å²) in [6, 6.07) is 14.7. The second-order valence-electron chi connectivity index (χ2n) is 5.33. The number of benzene rings is 1. The van der Waals surface area contributed by atoms with Crippen LogP contribution in [-0.2, 0) is 4.74 Å². The molecule has 26 heavy (non-hydrogen) atoms. The molecule has 7 heteroatoms. The van der Waals surface area contributed by atoms with E-state index in [9.17, 15) is 9.59 Å². The lowest BCUT2D eigenvalue weighted by Crippen LogP contribution is -2.17. The van der Waals surface area contributed by atoms with Crippen molar-refractivity contribution < 1.29 is 14.3 Å². The Hall–Kier alpha value is -2.95. The minimum atomic E-state index is -0.883. The van der Waals surface area contributed by atoms with Gasteiger partial charge in [-0.2, -0.15) is 5.26 Å². The highest BCUT2D eigenvalue weighted by Gasteiger charge is 2.24. The lowest BCUT2D eigenvalue weighted by molar-refractivity contribution is 0.0438. The summed E-state index contributed by atoms with van der Waals surface area (Å²) in [5.41, 5.74) is 1.75. The number of anilines is 1. The molecule has 2 heterocycles. The maximum absolute atomic E-state index is 12.6. The molecular weight excluding hydrogens is 368 g/mol. The molecule has 3 aromatic rings. The van der Waals surface area contributed by atoms with Gasteiger partial charge in [0.25, 0.3) is 5.91 Å². The van der Waals surface area contributed by atoms with Gasteiger partial charge in [0.1, 0.15) is 16.6 Å². The lowest BCUT2D eigenvalue weighted by atomic mass is 10.0. The van der Waals surface area contributed by atoms with Crippen molar-refractivity contribution in [2.45, 2.75) is 13.0 Å². The van der Waals surface area contributed by atoms with Gasteiger partial charge in [0.05, 0.1) is 4.88 Å². The van der Waals surface area contributed by atoms with Gasteiger partial charge >= 0.3 is 5.97 Å².